The number of aliphatic hydroxyl groups is 8. The molecule has 68 heavy (non-hydrogen) atoms. The van der Waals surface area contributed by atoms with E-state index in [1.165, 1.54) is 7.11 Å². The highest BCUT2D eigenvalue weighted by atomic mass is 16.8. The fraction of sp³-hybridized carbons (Fsp3) is 0.917. The van der Waals surface area contributed by atoms with Crippen LogP contribution < -0.4 is 0 Å². The van der Waals surface area contributed by atoms with E-state index in [1.54, 1.807) is 26.8 Å². The molecule has 0 aromatic heterocycles. The fourth-order valence-electron chi connectivity index (χ4n) is 14.5. The van der Waals surface area contributed by atoms with Crippen molar-refractivity contribution >= 4 is 12.3 Å². The minimum Gasteiger partial charge on any atom is -0.458 e. The van der Waals surface area contributed by atoms with Crippen molar-refractivity contribution in [2.24, 2.45) is 28.6 Å². The van der Waals surface area contributed by atoms with E-state index in [1.807, 2.05) is 0 Å². The molecule has 8 N–H and O–H groups in total. The number of ether oxygens (including phenoxy) is 10. The molecule has 0 radical (unpaired) electrons. The van der Waals surface area contributed by atoms with Gasteiger partial charge in [0.25, 0.3) is 0 Å². The summed E-state index contributed by atoms with van der Waals surface area (Å²) in [5.41, 5.74) is -2.98. The van der Waals surface area contributed by atoms with E-state index < -0.39 is 139 Å². The van der Waals surface area contributed by atoms with Crippen LogP contribution in [-0.4, -0.2) is 195 Å². The average Bonchev–Trinajstić information content (AvgIpc) is 3.85. The number of hydrogen-bond donors (Lipinski definition) is 8. The fourth-order valence-corrected chi connectivity index (χ4v) is 14.5. The second kappa shape index (κ2) is 19.6. The summed E-state index contributed by atoms with van der Waals surface area (Å²) < 4.78 is 60.0. The molecule has 4 saturated heterocycles. The van der Waals surface area contributed by atoms with Crippen molar-refractivity contribution in [2.75, 3.05) is 20.3 Å². The van der Waals surface area contributed by atoms with Crippen LogP contribution in [0.3, 0.4) is 0 Å². The van der Waals surface area contributed by atoms with Gasteiger partial charge in [-0.15, -0.1) is 0 Å². The van der Waals surface area contributed by atoms with Gasteiger partial charge in [-0.05, 0) is 95.5 Å². The lowest BCUT2D eigenvalue weighted by molar-refractivity contribution is -0.356. The van der Waals surface area contributed by atoms with Crippen LogP contribution in [0.5, 0.6) is 0 Å². The number of fused-ring (bicyclic) bond motifs is 5. The van der Waals surface area contributed by atoms with Gasteiger partial charge in [0.2, 0.25) is 0 Å². The Hall–Kier alpha value is -1.80. The van der Waals surface area contributed by atoms with E-state index in [0.717, 1.165) is 18.3 Å². The van der Waals surface area contributed by atoms with Crippen LogP contribution in [-0.2, 0) is 57.0 Å². The predicted octanol–water partition coefficient (Wildman–Crippen LogP) is 0.0195. The third-order valence-corrected chi connectivity index (χ3v) is 18.1. The number of carbonyl (C=O) groups is 2. The molecule has 0 amide bonds. The van der Waals surface area contributed by atoms with Crippen molar-refractivity contribution < 1.29 is 97.8 Å². The first-order valence-corrected chi connectivity index (χ1v) is 24.8. The minimum absolute atomic E-state index is 0.00989. The zero-order valence-electron chi connectivity index (χ0n) is 39.7. The minimum atomic E-state index is -1.62. The average molecular weight is 971 g/mol. The van der Waals surface area contributed by atoms with Gasteiger partial charge in [0, 0.05) is 44.3 Å². The van der Waals surface area contributed by atoms with Crippen LogP contribution in [0.1, 0.15) is 105 Å². The molecule has 9 aliphatic rings. The smallest absolute Gasteiger partial charge is 0.331 e. The number of rotatable bonds is 12. The van der Waals surface area contributed by atoms with Gasteiger partial charge in [-0.2, -0.15) is 0 Å². The molecule has 0 spiro atoms. The van der Waals surface area contributed by atoms with Crippen LogP contribution >= 0.6 is 0 Å². The lowest BCUT2D eigenvalue weighted by Gasteiger charge is -2.65. The molecule has 5 heterocycles. The van der Waals surface area contributed by atoms with Gasteiger partial charge in [-0.25, -0.2) is 4.79 Å². The first kappa shape index (κ1) is 51.1. The lowest BCUT2D eigenvalue weighted by atomic mass is 9.41. The maximum absolute atomic E-state index is 13.3. The van der Waals surface area contributed by atoms with E-state index in [9.17, 15) is 50.4 Å². The Morgan fingerprint density at radius 1 is 0.721 bits per heavy atom. The quantitative estimate of drug-likeness (QED) is 0.0727. The molecule has 25 atom stereocenters. The van der Waals surface area contributed by atoms with Gasteiger partial charge in [-0.3, -0.25) is 0 Å². The van der Waals surface area contributed by atoms with Crippen molar-refractivity contribution in [2.45, 2.75) is 227 Å². The van der Waals surface area contributed by atoms with Crippen LogP contribution in [0.2, 0.25) is 0 Å². The lowest BCUT2D eigenvalue weighted by Crippen LogP contribution is -2.69. The molecule has 20 heteroatoms. The van der Waals surface area contributed by atoms with Gasteiger partial charge < -0.3 is 93.0 Å². The first-order valence-electron chi connectivity index (χ1n) is 24.8. The third-order valence-electron chi connectivity index (χ3n) is 18.1. The Labute approximate surface area is 396 Å². The third kappa shape index (κ3) is 8.75. The monoisotopic (exact) mass is 970 g/mol. The maximum atomic E-state index is 13.3. The summed E-state index contributed by atoms with van der Waals surface area (Å²) in [6.45, 7) is 6.96. The number of aldehydes is 1. The molecule has 0 aromatic rings. The standard InChI is InChI=1S/C48H74O20/c1-22-41(66-36-16-31(52)42(23(2)62-36)67-37-17-32(59-5)43(24(3)63-37)68-44-40(56)39(55)38(54)33(19-49)65-44)30(51)15-35(61-22)64-26-6-11-46(21-50)28-7-10-45(4)27(25-14-34(53)60-20-25)9-13-48(45,58)29(28)8-12-47(46,57)18-26/h14,21-24,26-33,35-44,49,51-52,54-58H,6-13,15-20H2,1-5H3. The van der Waals surface area contributed by atoms with Gasteiger partial charge in [0.05, 0.1) is 66.0 Å². The molecule has 4 aliphatic carbocycles. The van der Waals surface area contributed by atoms with Crippen LogP contribution in [0.15, 0.2) is 11.6 Å². The Morgan fingerprint density at radius 2 is 1.34 bits per heavy atom. The molecular weight excluding hydrogens is 897 g/mol. The topological polar surface area (TPSA) is 288 Å². The van der Waals surface area contributed by atoms with Crippen LogP contribution in [0.25, 0.3) is 0 Å². The second-order valence-corrected chi connectivity index (χ2v) is 21.7. The predicted molar refractivity (Wildman–Crippen MR) is 230 cm³/mol. The molecule has 9 rings (SSSR count). The SMILES string of the molecule is COC1CC(OC2C(O)CC(OC3C(O)CC(OC4CCC5(C=O)C6CCC7(C)C(C8=CC(=O)OC8)CCC7(O)C6CCC5(O)C4)OC3C)OC2C)OC(C)C1OC1OC(CO)C(O)C(O)C1O. The highest BCUT2D eigenvalue weighted by Crippen LogP contribution is 2.70. The van der Waals surface area contributed by atoms with Gasteiger partial charge in [0.15, 0.2) is 25.2 Å². The number of cyclic esters (lactones) is 1. The molecular formula is C48H74O20. The second-order valence-electron chi connectivity index (χ2n) is 21.7. The molecule has 386 valence electrons. The van der Waals surface area contributed by atoms with Crippen LogP contribution in [0.4, 0.5) is 0 Å². The maximum Gasteiger partial charge on any atom is 0.331 e. The zero-order valence-corrected chi connectivity index (χ0v) is 39.7. The number of hydrogen-bond acceptors (Lipinski definition) is 20. The van der Waals surface area contributed by atoms with Crippen molar-refractivity contribution in [1.29, 1.82) is 0 Å². The van der Waals surface area contributed by atoms with E-state index in [-0.39, 0.29) is 56.0 Å². The largest absolute Gasteiger partial charge is 0.458 e. The summed E-state index contributed by atoms with van der Waals surface area (Å²) >= 11 is 0. The molecule has 4 saturated carbocycles. The van der Waals surface area contributed by atoms with Gasteiger partial charge >= 0.3 is 5.97 Å². The molecule has 5 aliphatic heterocycles. The number of carbonyl (C=O) groups excluding carboxylic acids is 2. The van der Waals surface area contributed by atoms with E-state index in [2.05, 4.69) is 6.92 Å². The van der Waals surface area contributed by atoms with Crippen molar-refractivity contribution in [1.82, 2.24) is 0 Å². The molecule has 0 aromatic carbocycles. The zero-order chi connectivity index (χ0) is 48.7. The Kier molecular flexibility index (Phi) is 14.7. The van der Waals surface area contributed by atoms with Gasteiger partial charge in [-0.1, -0.05) is 6.92 Å². The van der Waals surface area contributed by atoms with Gasteiger partial charge in [0.1, 0.15) is 55.6 Å². The summed E-state index contributed by atoms with van der Waals surface area (Å²) in [4.78, 5) is 25.3. The van der Waals surface area contributed by atoms with E-state index in [4.69, 9.17) is 47.4 Å². The van der Waals surface area contributed by atoms with Crippen molar-refractivity contribution in [3.05, 3.63) is 11.6 Å². The summed E-state index contributed by atoms with van der Waals surface area (Å²) in [5.74, 6) is -0.712. The van der Waals surface area contributed by atoms with Crippen molar-refractivity contribution in [3.63, 3.8) is 0 Å². The summed E-state index contributed by atoms with van der Waals surface area (Å²) in [5, 5.41) is 88.4. The number of esters is 1. The highest BCUT2D eigenvalue weighted by molar-refractivity contribution is 5.85. The van der Waals surface area contributed by atoms with Crippen molar-refractivity contribution in [3.8, 4) is 0 Å². The van der Waals surface area contributed by atoms with Crippen LogP contribution in [0, 0.1) is 28.6 Å². The molecule has 0 bridgehead atoms. The van der Waals surface area contributed by atoms with E-state index in [0.29, 0.717) is 44.9 Å². The number of methoxy groups -OCH3 is 1. The Balaban J connectivity index is 0.756. The summed E-state index contributed by atoms with van der Waals surface area (Å²) in [6, 6.07) is 0. The van der Waals surface area contributed by atoms with E-state index >= 15 is 0 Å². The summed E-state index contributed by atoms with van der Waals surface area (Å²) in [7, 11) is 1.47. The first-order chi connectivity index (χ1) is 32.3. The Morgan fingerprint density at radius 3 is 1.93 bits per heavy atom. The molecule has 25 unspecified atom stereocenters. The molecule has 8 fully saturated rings. The number of aliphatic hydroxyl groups excluding tert-OH is 6. The molecule has 20 nitrogen and oxygen atoms in total. The Bertz CT molecular complexity index is 1810. The highest BCUT2D eigenvalue weighted by Gasteiger charge is 2.72. The summed E-state index contributed by atoms with van der Waals surface area (Å²) in [6.07, 6.45) is -10.2. The normalized spacial score (nSPS) is 54.0.